The summed E-state index contributed by atoms with van der Waals surface area (Å²) in [6.07, 6.45) is 3.59. The van der Waals surface area contributed by atoms with E-state index in [1.807, 2.05) is 25.3 Å². The maximum absolute atomic E-state index is 5.10. The van der Waals surface area contributed by atoms with Crippen molar-refractivity contribution in [3.8, 4) is 11.1 Å². The minimum Gasteiger partial charge on any atom is -0.378 e. The molecule has 0 saturated heterocycles. The summed E-state index contributed by atoms with van der Waals surface area (Å²) in [7, 11) is 1.66. The molecule has 0 fully saturated rings. The highest BCUT2D eigenvalue weighted by Gasteiger charge is 2.11. The summed E-state index contributed by atoms with van der Waals surface area (Å²) < 4.78 is 5.10. The molecule has 0 aliphatic carbocycles. The number of aromatic amines is 1. The van der Waals surface area contributed by atoms with Crippen LogP contribution in [0.5, 0.6) is 0 Å². The van der Waals surface area contributed by atoms with Crippen molar-refractivity contribution in [2.45, 2.75) is 13.5 Å². The van der Waals surface area contributed by atoms with E-state index < -0.39 is 0 Å². The fourth-order valence-corrected chi connectivity index (χ4v) is 1.61. The Hall–Kier alpha value is -1.68. The van der Waals surface area contributed by atoms with Gasteiger partial charge >= 0.3 is 0 Å². The number of nitrogens with one attached hydrogen (secondary N) is 1. The normalized spacial score (nSPS) is 10.5. The molecule has 2 aromatic heterocycles. The minimum absolute atomic E-state index is 0.508. The van der Waals surface area contributed by atoms with Crippen LogP contribution in [0.2, 0.25) is 0 Å². The first-order valence-corrected chi connectivity index (χ1v) is 4.76. The Bertz CT molecular complexity index is 436. The molecular weight excluding hydrogens is 190 g/mol. The van der Waals surface area contributed by atoms with Gasteiger partial charge < -0.3 is 4.74 Å². The van der Waals surface area contributed by atoms with Crippen molar-refractivity contribution in [1.82, 2.24) is 15.2 Å². The van der Waals surface area contributed by atoms with Crippen LogP contribution in [0.25, 0.3) is 11.1 Å². The SMILES string of the molecule is COCc1n[nH]c(C)c1-c1cccnc1. The van der Waals surface area contributed by atoms with Crippen molar-refractivity contribution >= 4 is 0 Å². The van der Waals surface area contributed by atoms with Gasteiger partial charge in [-0.25, -0.2) is 0 Å². The van der Waals surface area contributed by atoms with Gasteiger partial charge in [0, 0.05) is 36.3 Å². The van der Waals surface area contributed by atoms with Gasteiger partial charge in [-0.3, -0.25) is 10.1 Å². The smallest absolute Gasteiger partial charge is 0.0960 e. The highest BCUT2D eigenvalue weighted by Crippen LogP contribution is 2.24. The summed E-state index contributed by atoms with van der Waals surface area (Å²) in [6, 6.07) is 3.93. The summed E-state index contributed by atoms with van der Waals surface area (Å²) in [6.45, 7) is 2.50. The molecule has 4 heteroatoms. The Kier molecular flexibility index (Phi) is 2.78. The number of aromatic nitrogens is 3. The van der Waals surface area contributed by atoms with Crippen LogP contribution in [0.4, 0.5) is 0 Å². The van der Waals surface area contributed by atoms with Crippen LogP contribution in [0.15, 0.2) is 24.5 Å². The lowest BCUT2D eigenvalue weighted by Crippen LogP contribution is -1.91. The average molecular weight is 203 g/mol. The van der Waals surface area contributed by atoms with Gasteiger partial charge in [0.05, 0.1) is 12.3 Å². The molecule has 15 heavy (non-hydrogen) atoms. The maximum atomic E-state index is 5.10. The fourth-order valence-electron chi connectivity index (χ4n) is 1.61. The first-order chi connectivity index (χ1) is 7.33. The molecule has 4 nitrogen and oxygen atoms in total. The lowest BCUT2D eigenvalue weighted by molar-refractivity contribution is 0.182. The second kappa shape index (κ2) is 4.23. The Labute approximate surface area is 88.3 Å². The molecule has 2 heterocycles. The molecule has 2 rings (SSSR count). The van der Waals surface area contributed by atoms with Crippen molar-refractivity contribution in [3.63, 3.8) is 0 Å². The Morgan fingerprint density at radius 1 is 1.47 bits per heavy atom. The van der Waals surface area contributed by atoms with Gasteiger partial charge in [0.25, 0.3) is 0 Å². The fraction of sp³-hybridized carbons (Fsp3) is 0.273. The van der Waals surface area contributed by atoms with Crippen molar-refractivity contribution in [3.05, 3.63) is 35.9 Å². The average Bonchev–Trinajstić information content (AvgIpc) is 2.62. The molecule has 0 saturated carbocycles. The van der Waals surface area contributed by atoms with E-state index in [2.05, 4.69) is 15.2 Å². The number of ether oxygens (including phenoxy) is 1. The molecule has 78 valence electrons. The van der Waals surface area contributed by atoms with Gasteiger partial charge in [-0.1, -0.05) is 6.07 Å². The largest absolute Gasteiger partial charge is 0.378 e. The van der Waals surface area contributed by atoms with Gasteiger partial charge in [-0.2, -0.15) is 5.10 Å². The molecule has 0 unspecified atom stereocenters. The van der Waals surface area contributed by atoms with Crippen LogP contribution in [0.3, 0.4) is 0 Å². The Balaban J connectivity index is 2.47. The quantitative estimate of drug-likeness (QED) is 0.829. The summed E-state index contributed by atoms with van der Waals surface area (Å²) in [5.74, 6) is 0. The monoisotopic (exact) mass is 203 g/mol. The molecule has 0 aliphatic rings. The Morgan fingerprint density at radius 2 is 2.33 bits per heavy atom. The number of hydrogen-bond acceptors (Lipinski definition) is 3. The Morgan fingerprint density at radius 3 is 3.00 bits per heavy atom. The van der Waals surface area contributed by atoms with Gasteiger partial charge in [-0.05, 0) is 13.0 Å². The highest BCUT2D eigenvalue weighted by atomic mass is 16.5. The molecule has 0 amide bonds. The van der Waals surface area contributed by atoms with Crippen LogP contribution in [0.1, 0.15) is 11.4 Å². The molecule has 0 bridgehead atoms. The van der Waals surface area contributed by atoms with Crippen molar-refractivity contribution in [2.24, 2.45) is 0 Å². The number of rotatable bonds is 3. The van der Waals surface area contributed by atoms with E-state index in [9.17, 15) is 0 Å². The van der Waals surface area contributed by atoms with E-state index >= 15 is 0 Å². The number of aryl methyl sites for hydroxylation is 1. The lowest BCUT2D eigenvalue weighted by atomic mass is 10.1. The molecular formula is C11H13N3O. The number of nitrogens with zero attached hydrogens (tertiary/aromatic N) is 2. The topological polar surface area (TPSA) is 50.8 Å². The summed E-state index contributed by atoms with van der Waals surface area (Å²) in [4.78, 5) is 4.10. The second-order valence-corrected chi connectivity index (χ2v) is 3.35. The third kappa shape index (κ3) is 1.89. The molecule has 0 spiro atoms. The van der Waals surface area contributed by atoms with Crippen LogP contribution in [-0.2, 0) is 11.3 Å². The molecule has 0 aromatic carbocycles. The minimum atomic E-state index is 0.508. The van der Waals surface area contributed by atoms with E-state index in [-0.39, 0.29) is 0 Å². The number of hydrogen-bond donors (Lipinski definition) is 1. The zero-order chi connectivity index (χ0) is 10.7. The van der Waals surface area contributed by atoms with Gasteiger partial charge in [0.2, 0.25) is 0 Å². The number of pyridine rings is 1. The van der Waals surface area contributed by atoms with E-state index in [0.29, 0.717) is 6.61 Å². The van der Waals surface area contributed by atoms with E-state index in [1.165, 1.54) is 0 Å². The van der Waals surface area contributed by atoms with Gasteiger partial charge in [0.1, 0.15) is 0 Å². The van der Waals surface area contributed by atoms with Crippen molar-refractivity contribution in [1.29, 1.82) is 0 Å². The third-order valence-corrected chi connectivity index (χ3v) is 2.25. The second-order valence-electron chi connectivity index (χ2n) is 3.35. The predicted molar refractivity (Wildman–Crippen MR) is 57.3 cm³/mol. The first-order valence-electron chi connectivity index (χ1n) is 4.76. The molecule has 0 atom stereocenters. The van der Waals surface area contributed by atoms with E-state index in [1.54, 1.807) is 13.3 Å². The molecule has 2 aromatic rings. The highest BCUT2D eigenvalue weighted by molar-refractivity contribution is 5.67. The number of H-pyrrole nitrogens is 1. The van der Waals surface area contributed by atoms with Crippen molar-refractivity contribution in [2.75, 3.05) is 7.11 Å². The number of methoxy groups -OCH3 is 1. The lowest BCUT2D eigenvalue weighted by Gasteiger charge is -2.02. The summed E-state index contributed by atoms with van der Waals surface area (Å²) in [5, 5.41) is 7.17. The van der Waals surface area contributed by atoms with Crippen LogP contribution in [-0.4, -0.2) is 22.3 Å². The third-order valence-electron chi connectivity index (χ3n) is 2.25. The summed E-state index contributed by atoms with van der Waals surface area (Å²) >= 11 is 0. The summed E-state index contributed by atoms with van der Waals surface area (Å²) in [5.41, 5.74) is 4.11. The van der Waals surface area contributed by atoms with E-state index in [0.717, 1.165) is 22.5 Å². The molecule has 0 radical (unpaired) electrons. The zero-order valence-corrected chi connectivity index (χ0v) is 8.82. The van der Waals surface area contributed by atoms with Crippen molar-refractivity contribution < 1.29 is 4.74 Å². The van der Waals surface area contributed by atoms with Crippen LogP contribution in [0, 0.1) is 6.92 Å². The maximum Gasteiger partial charge on any atom is 0.0960 e. The predicted octanol–water partition coefficient (Wildman–Crippen LogP) is 1.93. The van der Waals surface area contributed by atoms with Gasteiger partial charge in [-0.15, -0.1) is 0 Å². The van der Waals surface area contributed by atoms with Gasteiger partial charge in [0.15, 0.2) is 0 Å². The first kappa shape index (κ1) is 9.86. The van der Waals surface area contributed by atoms with E-state index in [4.69, 9.17) is 4.74 Å². The molecule has 1 N–H and O–H groups in total. The van der Waals surface area contributed by atoms with Crippen LogP contribution < -0.4 is 0 Å². The molecule has 0 aliphatic heterocycles. The zero-order valence-electron chi connectivity index (χ0n) is 8.82. The van der Waals surface area contributed by atoms with Crippen LogP contribution >= 0.6 is 0 Å². The standard InChI is InChI=1S/C11H13N3O/c1-8-11(9-4-3-5-12-6-9)10(7-15-2)14-13-8/h3-6H,7H2,1-2H3,(H,13,14).